The molecule has 5 aromatic rings. The maximum Gasteiger partial charge on any atom is 0.332 e. The summed E-state index contributed by atoms with van der Waals surface area (Å²) in [5.41, 5.74) is 3.06. The Balaban J connectivity index is 1.59. The maximum absolute atomic E-state index is 13.4. The monoisotopic (exact) mass is 455 g/mol. The minimum atomic E-state index is -0.394. The zero-order valence-corrected chi connectivity index (χ0v) is 19.3. The number of rotatable bonds is 6. The zero-order valence-electron chi connectivity index (χ0n) is 19.3. The van der Waals surface area contributed by atoms with E-state index in [1.807, 2.05) is 84.4 Å². The van der Waals surface area contributed by atoms with Crippen LogP contribution in [0.3, 0.4) is 0 Å². The van der Waals surface area contributed by atoms with E-state index in [4.69, 9.17) is 4.74 Å². The van der Waals surface area contributed by atoms with E-state index in [0.717, 1.165) is 22.6 Å². The second kappa shape index (κ2) is 8.55. The van der Waals surface area contributed by atoms with Gasteiger partial charge in [0, 0.05) is 25.5 Å². The summed E-state index contributed by atoms with van der Waals surface area (Å²) in [4.78, 5) is 31.1. The van der Waals surface area contributed by atoms with Crippen molar-refractivity contribution >= 4 is 23.0 Å². The van der Waals surface area contributed by atoms with Crippen molar-refractivity contribution in [1.82, 2.24) is 23.1 Å². The number of hydrogen-bond acceptors (Lipinski definition) is 4. The largest absolute Gasteiger partial charge is 0.497 e. The maximum atomic E-state index is 13.4. The topological polar surface area (TPSA) is 75.5 Å². The molecular weight excluding hydrogens is 430 g/mol. The molecule has 0 spiro atoms. The Hall–Kier alpha value is -4.33. The van der Waals surface area contributed by atoms with Crippen molar-refractivity contribution in [2.75, 3.05) is 7.11 Å². The number of methoxy groups -OCH3 is 1. The van der Waals surface area contributed by atoms with Crippen LogP contribution in [-0.4, -0.2) is 30.2 Å². The van der Waals surface area contributed by atoms with Crippen LogP contribution in [0.25, 0.3) is 23.0 Å². The number of fused-ring (bicyclic) bond motifs is 3. The highest BCUT2D eigenvalue weighted by Crippen LogP contribution is 2.19. The van der Waals surface area contributed by atoms with Crippen LogP contribution in [0.5, 0.6) is 5.75 Å². The van der Waals surface area contributed by atoms with Crippen LogP contribution in [0.4, 0.5) is 0 Å². The number of aryl methyl sites for hydroxylation is 2. The molecule has 3 aromatic heterocycles. The Bertz CT molecular complexity index is 1630. The number of aromatic nitrogens is 5. The average Bonchev–Trinajstić information content (AvgIpc) is 3.36. The Morgan fingerprint density at radius 2 is 1.74 bits per heavy atom. The van der Waals surface area contributed by atoms with E-state index in [1.54, 1.807) is 18.6 Å². The first-order valence-electron chi connectivity index (χ1n) is 11.0. The molecule has 0 unspecified atom stereocenters. The highest BCUT2D eigenvalue weighted by molar-refractivity contribution is 5.75. The average molecular weight is 456 g/mol. The molecule has 0 N–H and O–H groups in total. The molecule has 34 heavy (non-hydrogen) atoms. The molecule has 0 fully saturated rings. The predicted octanol–water partition coefficient (Wildman–Crippen LogP) is 3.23. The summed E-state index contributed by atoms with van der Waals surface area (Å²) < 4.78 is 11.7. The first kappa shape index (κ1) is 21.5. The van der Waals surface area contributed by atoms with Crippen molar-refractivity contribution in [3.05, 3.63) is 105 Å². The second-order valence-electron chi connectivity index (χ2n) is 8.23. The lowest BCUT2D eigenvalue weighted by Gasteiger charge is -2.07. The van der Waals surface area contributed by atoms with Crippen molar-refractivity contribution in [3.63, 3.8) is 0 Å². The molecule has 0 bridgehead atoms. The molecule has 0 radical (unpaired) electrons. The molecule has 0 aliphatic heterocycles. The number of benzene rings is 2. The first-order valence-corrected chi connectivity index (χ1v) is 11.0. The van der Waals surface area contributed by atoms with Gasteiger partial charge in [-0.2, -0.15) is 4.98 Å². The van der Waals surface area contributed by atoms with E-state index in [2.05, 4.69) is 4.98 Å². The molecule has 8 heteroatoms. The number of ether oxygens (including phenoxy) is 1. The van der Waals surface area contributed by atoms with Crippen molar-refractivity contribution in [2.45, 2.75) is 20.0 Å². The molecule has 8 nitrogen and oxygen atoms in total. The van der Waals surface area contributed by atoms with Gasteiger partial charge in [-0.1, -0.05) is 54.6 Å². The lowest BCUT2D eigenvalue weighted by Crippen LogP contribution is -2.39. The van der Waals surface area contributed by atoms with Crippen molar-refractivity contribution in [1.29, 1.82) is 0 Å². The van der Waals surface area contributed by atoms with E-state index in [-0.39, 0.29) is 12.1 Å². The summed E-state index contributed by atoms with van der Waals surface area (Å²) in [6.07, 6.45) is 5.62. The van der Waals surface area contributed by atoms with E-state index in [0.29, 0.717) is 23.5 Å². The standard InChI is InChI=1S/C26H25N5O3/c1-18-16-31-22-23(27-25(31)30(18)17-20-11-13-21(34-3)14-12-20)28(2)26(33)29(24(22)32)15-7-10-19-8-5-4-6-9-19/h4-14,16H,15,17H2,1-3H3. The number of imidazole rings is 2. The van der Waals surface area contributed by atoms with Gasteiger partial charge in [-0.15, -0.1) is 0 Å². The van der Waals surface area contributed by atoms with Gasteiger partial charge in [0.25, 0.3) is 5.56 Å². The molecule has 0 aliphatic carbocycles. The summed E-state index contributed by atoms with van der Waals surface area (Å²) in [5, 5.41) is 0. The second-order valence-corrected chi connectivity index (χ2v) is 8.23. The normalized spacial score (nSPS) is 11.7. The van der Waals surface area contributed by atoms with Crippen molar-refractivity contribution < 1.29 is 4.74 Å². The molecular formula is C26H25N5O3. The fourth-order valence-electron chi connectivity index (χ4n) is 4.18. The Labute approximate surface area is 195 Å². The van der Waals surface area contributed by atoms with Crippen LogP contribution in [0.2, 0.25) is 0 Å². The summed E-state index contributed by atoms with van der Waals surface area (Å²) in [6.45, 7) is 2.74. The Morgan fingerprint density at radius 1 is 1.00 bits per heavy atom. The van der Waals surface area contributed by atoms with Gasteiger partial charge in [-0.05, 0) is 30.2 Å². The van der Waals surface area contributed by atoms with Crippen molar-refractivity contribution in [3.8, 4) is 5.75 Å². The first-order chi connectivity index (χ1) is 16.5. The third-order valence-corrected chi connectivity index (χ3v) is 6.04. The highest BCUT2D eigenvalue weighted by atomic mass is 16.5. The molecule has 5 rings (SSSR count). The molecule has 0 saturated heterocycles. The minimum Gasteiger partial charge on any atom is -0.497 e. The van der Waals surface area contributed by atoms with Gasteiger partial charge >= 0.3 is 5.69 Å². The SMILES string of the molecule is COc1ccc(Cn2c(C)cn3c4c(=O)n(CC=Cc5ccccc5)c(=O)n(C)c4nc23)cc1. The predicted molar refractivity (Wildman–Crippen MR) is 132 cm³/mol. The lowest BCUT2D eigenvalue weighted by atomic mass is 10.2. The Kier molecular flexibility index (Phi) is 5.41. The fraction of sp³-hybridized carbons (Fsp3) is 0.192. The van der Waals surface area contributed by atoms with Crippen LogP contribution in [0.15, 0.2) is 76.5 Å². The van der Waals surface area contributed by atoms with Crippen LogP contribution >= 0.6 is 0 Å². The van der Waals surface area contributed by atoms with E-state index >= 15 is 0 Å². The van der Waals surface area contributed by atoms with E-state index in [9.17, 15) is 9.59 Å². The van der Waals surface area contributed by atoms with Gasteiger partial charge in [0.1, 0.15) is 5.75 Å². The number of nitrogens with zero attached hydrogens (tertiary/aromatic N) is 5. The molecule has 172 valence electrons. The van der Waals surface area contributed by atoms with Gasteiger partial charge in [-0.3, -0.25) is 18.3 Å². The molecule has 0 amide bonds. The van der Waals surface area contributed by atoms with Gasteiger partial charge in [0.15, 0.2) is 11.2 Å². The van der Waals surface area contributed by atoms with Gasteiger partial charge < -0.3 is 9.30 Å². The van der Waals surface area contributed by atoms with E-state index in [1.165, 1.54) is 9.13 Å². The third kappa shape index (κ3) is 3.63. The molecule has 0 aliphatic rings. The fourth-order valence-corrected chi connectivity index (χ4v) is 4.18. The van der Waals surface area contributed by atoms with Crippen LogP contribution < -0.4 is 16.0 Å². The third-order valence-electron chi connectivity index (χ3n) is 6.04. The molecule has 2 aromatic carbocycles. The summed E-state index contributed by atoms with van der Waals surface area (Å²) in [5.74, 6) is 1.41. The lowest BCUT2D eigenvalue weighted by molar-refractivity contribution is 0.414. The Morgan fingerprint density at radius 3 is 2.44 bits per heavy atom. The summed E-state index contributed by atoms with van der Waals surface area (Å²) >= 11 is 0. The van der Waals surface area contributed by atoms with Gasteiger partial charge in [0.2, 0.25) is 5.78 Å². The number of allylic oxidation sites excluding steroid dienone is 1. The molecule has 0 saturated carbocycles. The molecule has 0 atom stereocenters. The quantitative estimate of drug-likeness (QED) is 0.394. The van der Waals surface area contributed by atoms with Crippen LogP contribution in [0, 0.1) is 6.92 Å². The van der Waals surface area contributed by atoms with Crippen LogP contribution in [0.1, 0.15) is 16.8 Å². The van der Waals surface area contributed by atoms with Crippen molar-refractivity contribution in [2.24, 2.45) is 7.05 Å². The number of hydrogen-bond donors (Lipinski definition) is 0. The van der Waals surface area contributed by atoms with Gasteiger partial charge in [-0.25, -0.2) is 4.79 Å². The van der Waals surface area contributed by atoms with Gasteiger partial charge in [0.05, 0.1) is 13.7 Å². The molecule has 3 heterocycles. The smallest absolute Gasteiger partial charge is 0.332 e. The minimum absolute atomic E-state index is 0.176. The van der Waals surface area contributed by atoms with Crippen LogP contribution in [-0.2, 0) is 20.1 Å². The van der Waals surface area contributed by atoms with E-state index < -0.39 is 5.69 Å². The summed E-state index contributed by atoms with van der Waals surface area (Å²) in [6, 6.07) is 17.6. The zero-order chi connectivity index (χ0) is 23.8. The summed E-state index contributed by atoms with van der Waals surface area (Å²) in [7, 11) is 3.29. The highest BCUT2D eigenvalue weighted by Gasteiger charge is 2.20.